The Morgan fingerprint density at radius 1 is 1.35 bits per heavy atom. The molecular formula is C11H8N2O4. The van der Waals surface area contributed by atoms with Gasteiger partial charge in [-0.15, -0.1) is 0 Å². The smallest absolute Gasteiger partial charge is 0.266 e. The molecule has 6 heteroatoms. The zero-order chi connectivity index (χ0) is 12.4. The molecule has 1 aromatic carbocycles. The van der Waals surface area contributed by atoms with E-state index in [-0.39, 0.29) is 5.56 Å². The van der Waals surface area contributed by atoms with Crippen molar-refractivity contribution < 1.29 is 9.72 Å². The maximum absolute atomic E-state index is 11.9. The SMILES string of the molecule is O=C(C[N+](=O)[O-])c1c[nH]c2ccccc2c1=O. The van der Waals surface area contributed by atoms with Crippen LogP contribution in [-0.2, 0) is 0 Å². The highest BCUT2D eigenvalue weighted by atomic mass is 16.6. The van der Waals surface area contributed by atoms with E-state index in [0.29, 0.717) is 10.9 Å². The molecule has 6 nitrogen and oxygen atoms in total. The lowest BCUT2D eigenvalue weighted by Crippen LogP contribution is -2.22. The van der Waals surface area contributed by atoms with E-state index >= 15 is 0 Å². The number of Topliss-reactive ketones (excluding diaryl/α,β-unsaturated/α-hetero) is 1. The summed E-state index contributed by atoms with van der Waals surface area (Å²) in [6.45, 7) is -0.874. The van der Waals surface area contributed by atoms with Gasteiger partial charge >= 0.3 is 0 Å². The van der Waals surface area contributed by atoms with Crippen LogP contribution in [0.3, 0.4) is 0 Å². The highest BCUT2D eigenvalue weighted by molar-refractivity contribution is 5.99. The number of hydrogen-bond acceptors (Lipinski definition) is 4. The number of nitrogens with one attached hydrogen (secondary N) is 1. The van der Waals surface area contributed by atoms with Crippen LogP contribution in [-0.4, -0.2) is 22.2 Å². The molecule has 0 amide bonds. The maximum Gasteiger partial charge on any atom is 0.266 e. The molecule has 0 saturated carbocycles. The third-order valence-corrected chi connectivity index (χ3v) is 2.36. The topological polar surface area (TPSA) is 93.1 Å². The molecule has 0 saturated heterocycles. The van der Waals surface area contributed by atoms with Crippen molar-refractivity contribution in [3.63, 3.8) is 0 Å². The molecule has 0 aliphatic heterocycles. The van der Waals surface area contributed by atoms with Gasteiger partial charge in [0.25, 0.3) is 6.54 Å². The molecule has 2 aromatic rings. The van der Waals surface area contributed by atoms with Crippen molar-refractivity contribution in [3.05, 3.63) is 56.4 Å². The Hall–Kier alpha value is -2.50. The van der Waals surface area contributed by atoms with Crippen LogP contribution < -0.4 is 5.43 Å². The molecule has 0 aliphatic carbocycles. The third kappa shape index (κ3) is 2.05. The average Bonchev–Trinajstić information content (AvgIpc) is 2.28. The van der Waals surface area contributed by atoms with Crippen LogP contribution in [0.25, 0.3) is 10.9 Å². The Bertz CT molecular complexity index is 660. The van der Waals surface area contributed by atoms with Gasteiger partial charge in [-0.2, -0.15) is 0 Å². The number of fused-ring (bicyclic) bond motifs is 1. The summed E-state index contributed by atoms with van der Waals surface area (Å²) in [5.41, 5.74) is -0.0678. The van der Waals surface area contributed by atoms with E-state index in [0.717, 1.165) is 0 Å². The standard InChI is InChI=1S/C11H8N2O4/c14-10(6-13(16)17)8-5-12-9-4-2-1-3-7(9)11(8)15/h1-5H,6H2,(H,12,15). The summed E-state index contributed by atoms with van der Waals surface area (Å²) >= 11 is 0. The Morgan fingerprint density at radius 2 is 2.06 bits per heavy atom. The van der Waals surface area contributed by atoms with Gasteiger partial charge in [-0.1, -0.05) is 12.1 Å². The van der Waals surface area contributed by atoms with Crippen molar-refractivity contribution in [1.82, 2.24) is 4.98 Å². The highest BCUT2D eigenvalue weighted by Crippen LogP contribution is 2.07. The number of ketones is 1. The zero-order valence-electron chi connectivity index (χ0n) is 8.67. The second-order valence-corrected chi connectivity index (χ2v) is 3.49. The zero-order valence-corrected chi connectivity index (χ0v) is 8.67. The monoisotopic (exact) mass is 232 g/mol. The Morgan fingerprint density at radius 3 is 2.76 bits per heavy atom. The number of benzene rings is 1. The van der Waals surface area contributed by atoms with Crippen LogP contribution in [0.5, 0.6) is 0 Å². The van der Waals surface area contributed by atoms with Crippen molar-refractivity contribution >= 4 is 16.7 Å². The lowest BCUT2D eigenvalue weighted by Gasteiger charge is -2.00. The number of aromatic nitrogens is 1. The van der Waals surface area contributed by atoms with Crippen molar-refractivity contribution in [2.24, 2.45) is 0 Å². The minimum atomic E-state index is -0.874. The Balaban J connectivity index is 2.57. The summed E-state index contributed by atoms with van der Waals surface area (Å²) in [5, 5.41) is 10.6. The Labute approximate surface area is 95.0 Å². The quantitative estimate of drug-likeness (QED) is 0.485. The number of carbonyl (C=O) groups is 1. The normalized spacial score (nSPS) is 10.4. The molecular weight excluding hydrogens is 224 g/mol. The number of nitro groups is 1. The fourth-order valence-electron chi connectivity index (χ4n) is 1.58. The second kappa shape index (κ2) is 4.17. The van der Waals surface area contributed by atoms with Gasteiger partial charge in [-0.3, -0.25) is 19.7 Å². The van der Waals surface area contributed by atoms with Crippen LogP contribution in [0.1, 0.15) is 10.4 Å². The van der Waals surface area contributed by atoms with Gasteiger partial charge in [0.1, 0.15) is 0 Å². The van der Waals surface area contributed by atoms with Gasteiger partial charge in [-0.25, -0.2) is 0 Å². The van der Waals surface area contributed by atoms with Crippen molar-refractivity contribution in [3.8, 4) is 0 Å². The summed E-state index contributed by atoms with van der Waals surface area (Å²) < 4.78 is 0. The van der Waals surface area contributed by atoms with E-state index in [1.54, 1.807) is 24.3 Å². The average molecular weight is 232 g/mol. The lowest BCUT2D eigenvalue weighted by molar-refractivity contribution is -0.465. The number of rotatable bonds is 3. The summed E-state index contributed by atoms with van der Waals surface area (Å²) in [6, 6.07) is 6.67. The number of aromatic amines is 1. The van der Waals surface area contributed by atoms with Gasteiger partial charge in [0.15, 0.2) is 5.43 Å². The molecule has 0 atom stereocenters. The molecule has 17 heavy (non-hydrogen) atoms. The Kier molecular flexibility index (Phi) is 2.70. The molecule has 86 valence electrons. The van der Waals surface area contributed by atoms with E-state index in [4.69, 9.17) is 0 Å². The van der Waals surface area contributed by atoms with E-state index < -0.39 is 22.7 Å². The van der Waals surface area contributed by atoms with Gasteiger partial charge in [0.2, 0.25) is 5.78 Å². The maximum atomic E-state index is 11.9. The molecule has 1 heterocycles. The second-order valence-electron chi connectivity index (χ2n) is 3.49. The predicted molar refractivity (Wildman–Crippen MR) is 60.8 cm³/mol. The molecule has 0 spiro atoms. The van der Waals surface area contributed by atoms with Crippen molar-refractivity contribution in [2.45, 2.75) is 0 Å². The van der Waals surface area contributed by atoms with Crippen molar-refractivity contribution in [2.75, 3.05) is 6.54 Å². The summed E-state index contributed by atoms with van der Waals surface area (Å²) in [4.78, 5) is 35.6. The third-order valence-electron chi connectivity index (χ3n) is 2.36. The molecule has 0 aliphatic rings. The number of H-pyrrole nitrogens is 1. The van der Waals surface area contributed by atoms with Crippen LogP contribution in [0.15, 0.2) is 35.3 Å². The minimum absolute atomic E-state index is 0.180. The van der Waals surface area contributed by atoms with E-state index in [2.05, 4.69) is 4.98 Å². The van der Waals surface area contributed by atoms with E-state index in [1.807, 2.05) is 0 Å². The molecule has 0 unspecified atom stereocenters. The first-order valence-electron chi connectivity index (χ1n) is 4.85. The van der Waals surface area contributed by atoms with Crippen molar-refractivity contribution in [1.29, 1.82) is 0 Å². The van der Waals surface area contributed by atoms with Crippen LogP contribution in [0, 0.1) is 10.1 Å². The molecule has 0 bridgehead atoms. The van der Waals surface area contributed by atoms with E-state index in [9.17, 15) is 19.7 Å². The predicted octanol–water partition coefficient (Wildman–Crippen LogP) is 0.987. The van der Waals surface area contributed by atoms with Crippen LogP contribution in [0.2, 0.25) is 0 Å². The first-order chi connectivity index (χ1) is 8.09. The number of para-hydroxylation sites is 1. The van der Waals surface area contributed by atoms with Gasteiger partial charge in [-0.05, 0) is 12.1 Å². The summed E-state index contributed by atoms with van der Waals surface area (Å²) in [7, 11) is 0. The summed E-state index contributed by atoms with van der Waals surface area (Å²) in [6.07, 6.45) is 1.22. The number of nitrogens with zero attached hydrogens (tertiary/aromatic N) is 1. The molecule has 1 aromatic heterocycles. The van der Waals surface area contributed by atoms with Gasteiger partial charge in [0.05, 0.1) is 5.56 Å². The number of hydrogen-bond donors (Lipinski definition) is 1. The largest absolute Gasteiger partial charge is 0.360 e. The molecule has 2 rings (SSSR count). The fraction of sp³-hybridized carbons (Fsp3) is 0.0909. The summed E-state index contributed by atoms with van der Waals surface area (Å²) in [5.74, 6) is -0.790. The minimum Gasteiger partial charge on any atom is -0.360 e. The van der Waals surface area contributed by atoms with Gasteiger partial charge < -0.3 is 4.98 Å². The molecule has 0 radical (unpaired) electrons. The van der Waals surface area contributed by atoms with Crippen LogP contribution in [0.4, 0.5) is 0 Å². The number of pyridine rings is 1. The number of carbonyl (C=O) groups excluding carboxylic acids is 1. The molecule has 1 N–H and O–H groups in total. The fourth-order valence-corrected chi connectivity index (χ4v) is 1.58. The van der Waals surface area contributed by atoms with Crippen LogP contribution >= 0.6 is 0 Å². The molecule has 0 fully saturated rings. The first-order valence-corrected chi connectivity index (χ1v) is 4.85. The first kappa shape index (κ1) is 11.0. The van der Waals surface area contributed by atoms with E-state index in [1.165, 1.54) is 6.20 Å². The highest BCUT2D eigenvalue weighted by Gasteiger charge is 2.17. The van der Waals surface area contributed by atoms with Gasteiger partial charge in [0, 0.05) is 22.0 Å². The lowest BCUT2D eigenvalue weighted by atomic mass is 10.1.